The van der Waals surface area contributed by atoms with Crippen molar-refractivity contribution in [3.63, 3.8) is 0 Å². The summed E-state index contributed by atoms with van der Waals surface area (Å²) < 4.78 is 13.7. The van der Waals surface area contributed by atoms with Gasteiger partial charge in [0, 0.05) is 6.42 Å². The van der Waals surface area contributed by atoms with E-state index < -0.39 is 36.3 Å². The van der Waals surface area contributed by atoms with Crippen molar-refractivity contribution in [1.29, 1.82) is 0 Å². The van der Waals surface area contributed by atoms with Crippen molar-refractivity contribution < 1.29 is 43.9 Å². The van der Waals surface area contributed by atoms with Gasteiger partial charge in [0.15, 0.2) is 0 Å². The van der Waals surface area contributed by atoms with Crippen molar-refractivity contribution >= 4 is 18.5 Å². The van der Waals surface area contributed by atoms with Crippen LogP contribution in [0.1, 0.15) is 26.2 Å². The second kappa shape index (κ2) is 5.63. The first-order chi connectivity index (χ1) is 8.72. The van der Waals surface area contributed by atoms with Gasteiger partial charge in [-0.2, -0.15) is 0 Å². The summed E-state index contributed by atoms with van der Waals surface area (Å²) in [6.07, 6.45) is -6.51. The zero-order valence-electron chi connectivity index (χ0n) is 10.1. The second-order valence-corrected chi connectivity index (χ2v) is 4.41. The van der Waals surface area contributed by atoms with Gasteiger partial charge in [0.05, 0.1) is 0 Å². The molecule has 3 atom stereocenters. The Kier molecular flexibility index (Phi) is 4.41. The predicted molar refractivity (Wildman–Crippen MR) is 57.2 cm³/mol. The molecule has 19 heavy (non-hydrogen) atoms. The lowest BCUT2D eigenvalue weighted by Crippen LogP contribution is -2.48. The Morgan fingerprint density at radius 2 is 1.53 bits per heavy atom. The van der Waals surface area contributed by atoms with E-state index >= 15 is 0 Å². The average Bonchev–Trinajstić information content (AvgIpc) is 2.19. The zero-order valence-corrected chi connectivity index (χ0v) is 10.1. The molecule has 108 valence electrons. The van der Waals surface area contributed by atoms with E-state index in [9.17, 15) is 14.4 Å². The van der Waals surface area contributed by atoms with Crippen LogP contribution in [0.5, 0.6) is 0 Å². The average molecular weight is 278 g/mol. The lowest BCUT2D eigenvalue weighted by Gasteiger charge is -2.39. The van der Waals surface area contributed by atoms with Gasteiger partial charge in [-0.05, 0) is 19.8 Å². The molecule has 0 spiro atoms. The van der Waals surface area contributed by atoms with Crippen molar-refractivity contribution in [1.82, 2.24) is 0 Å². The Balaban J connectivity index is 2.77. The minimum atomic E-state index is -1.59. The maximum absolute atomic E-state index is 10.6. The van der Waals surface area contributed by atoms with E-state index in [4.69, 9.17) is 15.3 Å². The van der Waals surface area contributed by atoms with Crippen LogP contribution in [-0.2, 0) is 14.2 Å². The van der Waals surface area contributed by atoms with Crippen LogP contribution in [0.15, 0.2) is 0 Å². The van der Waals surface area contributed by atoms with Crippen molar-refractivity contribution in [2.75, 3.05) is 0 Å². The monoisotopic (exact) mass is 278 g/mol. The molecule has 3 unspecified atom stereocenters. The van der Waals surface area contributed by atoms with E-state index in [0.29, 0.717) is 0 Å². The van der Waals surface area contributed by atoms with E-state index in [1.54, 1.807) is 0 Å². The molecule has 0 heterocycles. The molecule has 9 nitrogen and oxygen atoms in total. The summed E-state index contributed by atoms with van der Waals surface area (Å²) in [4.78, 5) is 31.6. The van der Waals surface area contributed by atoms with Gasteiger partial charge in [-0.25, -0.2) is 14.4 Å². The van der Waals surface area contributed by atoms with Crippen LogP contribution in [0, 0.1) is 0 Å². The summed E-state index contributed by atoms with van der Waals surface area (Å²) in [5.41, 5.74) is -1.13. The summed E-state index contributed by atoms with van der Waals surface area (Å²) in [5, 5.41) is 25.7. The van der Waals surface area contributed by atoms with Gasteiger partial charge in [0.1, 0.15) is 17.8 Å². The van der Waals surface area contributed by atoms with Crippen LogP contribution >= 0.6 is 0 Å². The second-order valence-electron chi connectivity index (χ2n) is 4.41. The third-order valence-corrected chi connectivity index (χ3v) is 2.84. The van der Waals surface area contributed by atoms with Gasteiger partial charge in [-0.3, -0.25) is 0 Å². The van der Waals surface area contributed by atoms with Gasteiger partial charge in [0.2, 0.25) is 0 Å². The highest BCUT2D eigenvalue weighted by atomic mass is 16.7. The Labute approximate surface area is 107 Å². The first kappa shape index (κ1) is 14.9. The molecule has 9 heteroatoms. The van der Waals surface area contributed by atoms with Crippen LogP contribution < -0.4 is 0 Å². The number of hydrogen-bond acceptors (Lipinski definition) is 6. The summed E-state index contributed by atoms with van der Waals surface area (Å²) in [5.74, 6) is 0. The normalized spacial score (nSPS) is 30.2. The van der Waals surface area contributed by atoms with Crippen molar-refractivity contribution in [2.24, 2.45) is 0 Å². The molecule has 1 aliphatic carbocycles. The topological polar surface area (TPSA) is 140 Å². The molecule has 0 aromatic carbocycles. The van der Waals surface area contributed by atoms with E-state index in [-0.39, 0.29) is 19.3 Å². The number of carbonyl (C=O) groups is 3. The van der Waals surface area contributed by atoms with E-state index in [2.05, 4.69) is 14.2 Å². The number of carboxylic acid groups (broad SMARTS) is 3. The summed E-state index contributed by atoms with van der Waals surface area (Å²) in [6.45, 7) is 1.48. The van der Waals surface area contributed by atoms with Gasteiger partial charge in [-0.15, -0.1) is 0 Å². The summed E-state index contributed by atoms with van der Waals surface area (Å²) >= 11 is 0. The standard InChI is InChI=1S/C10H14O9/c1-10(19-9(15)16)3-2-5(17-7(11)12)6(4-10)18-8(13)14/h5-6H,2-4H2,1H3,(H,11,12)(H,13,14)(H,15,16). The predicted octanol–water partition coefficient (Wildman–Crippen LogP) is 1.75. The Bertz CT molecular complexity index is 379. The highest BCUT2D eigenvalue weighted by Crippen LogP contribution is 2.34. The van der Waals surface area contributed by atoms with Crippen molar-refractivity contribution in [3.05, 3.63) is 0 Å². The molecule has 0 saturated heterocycles. The molecule has 0 bridgehead atoms. The van der Waals surface area contributed by atoms with Gasteiger partial charge >= 0.3 is 18.5 Å². The minimum Gasteiger partial charge on any atom is -0.450 e. The van der Waals surface area contributed by atoms with Gasteiger partial charge in [-0.1, -0.05) is 0 Å². The largest absolute Gasteiger partial charge is 0.506 e. The zero-order chi connectivity index (χ0) is 14.6. The van der Waals surface area contributed by atoms with Crippen LogP contribution in [0.3, 0.4) is 0 Å². The molecule has 0 aromatic heterocycles. The molecule has 0 aromatic rings. The first-order valence-corrected chi connectivity index (χ1v) is 5.43. The smallest absolute Gasteiger partial charge is 0.450 e. The SMILES string of the molecule is CC1(OC(=O)O)CCC(OC(=O)O)C(OC(=O)O)C1. The van der Waals surface area contributed by atoms with Crippen LogP contribution in [0.2, 0.25) is 0 Å². The summed E-state index contributed by atoms with van der Waals surface area (Å²) in [7, 11) is 0. The molecule has 1 fully saturated rings. The third-order valence-electron chi connectivity index (χ3n) is 2.84. The first-order valence-electron chi connectivity index (χ1n) is 5.43. The molecule has 1 rings (SSSR count). The molecular weight excluding hydrogens is 264 g/mol. The number of hydrogen-bond donors (Lipinski definition) is 3. The lowest BCUT2D eigenvalue weighted by molar-refractivity contribution is -0.119. The van der Waals surface area contributed by atoms with E-state index in [0.717, 1.165) is 0 Å². The van der Waals surface area contributed by atoms with Gasteiger partial charge in [0.25, 0.3) is 0 Å². The van der Waals surface area contributed by atoms with E-state index in [1.807, 2.05) is 0 Å². The number of ether oxygens (including phenoxy) is 3. The maximum atomic E-state index is 10.6. The quantitative estimate of drug-likeness (QED) is 0.520. The fraction of sp³-hybridized carbons (Fsp3) is 0.700. The van der Waals surface area contributed by atoms with Gasteiger partial charge < -0.3 is 29.5 Å². The fourth-order valence-corrected chi connectivity index (χ4v) is 2.11. The fourth-order valence-electron chi connectivity index (χ4n) is 2.11. The Hall–Kier alpha value is -2.19. The molecule has 0 aliphatic heterocycles. The third kappa shape index (κ3) is 4.53. The maximum Gasteiger partial charge on any atom is 0.506 e. The van der Waals surface area contributed by atoms with Crippen LogP contribution in [0.25, 0.3) is 0 Å². The molecule has 1 saturated carbocycles. The minimum absolute atomic E-state index is 0.105. The summed E-state index contributed by atoms with van der Waals surface area (Å²) in [6, 6.07) is 0. The molecular formula is C10H14O9. The lowest BCUT2D eigenvalue weighted by atomic mass is 9.82. The molecule has 3 N–H and O–H groups in total. The molecule has 0 radical (unpaired) electrons. The van der Waals surface area contributed by atoms with E-state index in [1.165, 1.54) is 6.92 Å². The number of rotatable bonds is 3. The Morgan fingerprint density at radius 1 is 1.00 bits per heavy atom. The Morgan fingerprint density at radius 3 is 2.00 bits per heavy atom. The highest BCUT2D eigenvalue weighted by Gasteiger charge is 2.44. The highest BCUT2D eigenvalue weighted by molar-refractivity contribution is 5.59. The molecule has 1 aliphatic rings. The van der Waals surface area contributed by atoms with Crippen LogP contribution in [0.4, 0.5) is 14.4 Å². The van der Waals surface area contributed by atoms with Crippen LogP contribution in [-0.4, -0.2) is 51.6 Å². The van der Waals surface area contributed by atoms with Crippen molar-refractivity contribution in [2.45, 2.75) is 44.0 Å². The van der Waals surface area contributed by atoms with Crippen molar-refractivity contribution in [3.8, 4) is 0 Å². The molecule has 0 amide bonds.